The fourth-order valence-corrected chi connectivity index (χ4v) is 3.52. The van der Waals surface area contributed by atoms with Crippen molar-refractivity contribution in [3.05, 3.63) is 95.4 Å². The van der Waals surface area contributed by atoms with Crippen LogP contribution in [0.25, 0.3) is 16.7 Å². The lowest BCUT2D eigenvalue weighted by Crippen LogP contribution is -2.15. The Bertz CT molecular complexity index is 1190. The summed E-state index contributed by atoms with van der Waals surface area (Å²) >= 11 is 6.05. The summed E-state index contributed by atoms with van der Waals surface area (Å²) in [4.78, 5) is 4.84. The van der Waals surface area contributed by atoms with Gasteiger partial charge in [-0.3, -0.25) is 0 Å². The first-order valence-corrected chi connectivity index (χ1v) is 9.14. The molecule has 3 heterocycles. The molecule has 0 radical (unpaired) electrons. The van der Waals surface area contributed by atoms with Crippen molar-refractivity contribution in [3.8, 4) is 0 Å². The van der Waals surface area contributed by atoms with Crippen LogP contribution in [0.4, 0.5) is 0 Å². The largest absolute Gasteiger partial charge is 0.307 e. The summed E-state index contributed by atoms with van der Waals surface area (Å²) in [6, 6.07) is 21.8. The van der Waals surface area contributed by atoms with E-state index >= 15 is 0 Å². The molecule has 0 N–H and O–H groups in total. The average Bonchev–Trinajstić information content (AvgIpc) is 3.32. The number of aromatic nitrogens is 5. The smallest absolute Gasteiger partial charge is 0.137 e. The summed E-state index contributed by atoms with van der Waals surface area (Å²) in [5.74, 6) is 0. The molecule has 5 aromatic rings. The Morgan fingerprint density at radius 2 is 1.74 bits per heavy atom. The van der Waals surface area contributed by atoms with E-state index in [4.69, 9.17) is 16.6 Å². The van der Waals surface area contributed by atoms with E-state index in [1.165, 1.54) is 5.56 Å². The molecule has 0 fully saturated rings. The molecule has 132 valence electrons. The maximum absolute atomic E-state index is 6.05. The zero-order valence-corrected chi connectivity index (χ0v) is 15.2. The van der Waals surface area contributed by atoms with Crippen molar-refractivity contribution < 1.29 is 0 Å². The van der Waals surface area contributed by atoms with E-state index in [1.807, 2.05) is 82.0 Å². The first kappa shape index (κ1) is 16.0. The van der Waals surface area contributed by atoms with Crippen LogP contribution in [-0.2, 0) is 6.42 Å². The second-order valence-electron chi connectivity index (χ2n) is 6.50. The van der Waals surface area contributed by atoms with Crippen LogP contribution in [0.2, 0.25) is 5.02 Å². The van der Waals surface area contributed by atoms with Crippen molar-refractivity contribution in [1.29, 1.82) is 0 Å². The Balaban J connectivity index is 1.65. The molecule has 5 rings (SSSR count). The van der Waals surface area contributed by atoms with Gasteiger partial charge in [-0.15, -0.1) is 5.10 Å². The molecule has 0 saturated heterocycles. The molecule has 6 heteroatoms. The number of halogens is 1. The van der Waals surface area contributed by atoms with E-state index in [1.54, 1.807) is 0 Å². The fourth-order valence-electron chi connectivity index (χ4n) is 3.39. The van der Waals surface area contributed by atoms with Crippen molar-refractivity contribution in [2.24, 2.45) is 0 Å². The molecule has 0 amide bonds. The van der Waals surface area contributed by atoms with Gasteiger partial charge in [0.1, 0.15) is 17.2 Å². The van der Waals surface area contributed by atoms with Gasteiger partial charge in [0.15, 0.2) is 0 Å². The van der Waals surface area contributed by atoms with Crippen LogP contribution in [0, 0.1) is 0 Å². The van der Waals surface area contributed by atoms with Crippen LogP contribution in [-0.4, -0.2) is 24.4 Å². The van der Waals surface area contributed by atoms with Crippen molar-refractivity contribution >= 4 is 28.3 Å². The third kappa shape index (κ3) is 2.96. The fraction of sp³-hybridized carbons (Fsp3) is 0.0952. The lowest BCUT2D eigenvalue weighted by molar-refractivity contribution is 0.509. The minimum absolute atomic E-state index is 0.0709. The van der Waals surface area contributed by atoms with Gasteiger partial charge in [0.25, 0.3) is 0 Å². The summed E-state index contributed by atoms with van der Waals surface area (Å²) in [6.45, 7) is 0. The van der Waals surface area contributed by atoms with Crippen LogP contribution in [0.5, 0.6) is 0 Å². The molecule has 0 saturated carbocycles. The zero-order valence-electron chi connectivity index (χ0n) is 14.4. The van der Waals surface area contributed by atoms with Gasteiger partial charge in [-0.05, 0) is 42.0 Å². The van der Waals surface area contributed by atoms with E-state index < -0.39 is 0 Å². The maximum Gasteiger partial charge on any atom is 0.137 e. The van der Waals surface area contributed by atoms with E-state index in [-0.39, 0.29) is 6.04 Å². The minimum Gasteiger partial charge on any atom is -0.307 e. The highest BCUT2D eigenvalue weighted by Gasteiger charge is 2.21. The summed E-state index contributed by atoms with van der Waals surface area (Å²) in [7, 11) is 0. The number of fused-ring (bicyclic) bond motifs is 2. The number of imidazole rings is 1. The Hall–Kier alpha value is -3.18. The second-order valence-corrected chi connectivity index (χ2v) is 6.94. The summed E-state index contributed by atoms with van der Waals surface area (Å²) in [5.41, 5.74) is 4.90. The highest BCUT2D eigenvalue weighted by atomic mass is 35.5. The number of hydrogen-bond acceptors (Lipinski definition) is 3. The first-order chi connectivity index (χ1) is 13.3. The van der Waals surface area contributed by atoms with E-state index in [9.17, 15) is 0 Å². The number of nitrogens with zero attached hydrogens (tertiary/aromatic N) is 5. The Morgan fingerprint density at radius 1 is 0.926 bits per heavy atom. The summed E-state index contributed by atoms with van der Waals surface area (Å²) in [5, 5.41) is 9.51. The molecule has 0 spiro atoms. The van der Waals surface area contributed by atoms with Gasteiger partial charge < -0.3 is 4.40 Å². The number of hydrogen-bond donors (Lipinski definition) is 0. The van der Waals surface area contributed by atoms with Crippen LogP contribution < -0.4 is 0 Å². The SMILES string of the molecule is Clc1ccc(CC(c2cn3ccccc3n2)n2nnc3ccccc32)cc1. The molecule has 2 aromatic carbocycles. The Morgan fingerprint density at radius 3 is 2.59 bits per heavy atom. The van der Waals surface area contributed by atoms with Gasteiger partial charge in [0.05, 0.1) is 11.2 Å². The highest BCUT2D eigenvalue weighted by Crippen LogP contribution is 2.26. The van der Waals surface area contributed by atoms with Gasteiger partial charge in [0, 0.05) is 23.8 Å². The van der Waals surface area contributed by atoms with Crippen molar-refractivity contribution in [1.82, 2.24) is 24.4 Å². The average molecular weight is 374 g/mol. The van der Waals surface area contributed by atoms with Crippen molar-refractivity contribution in [2.75, 3.05) is 0 Å². The molecule has 27 heavy (non-hydrogen) atoms. The number of para-hydroxylation sites is 1. The monoisotopic (exact) mass is 373 g/mol. The lowest BCUT2D eigenvalue weighted by Gasteiger charge is -2.16. The first-order valence-electron chi connectivity index (χ1n) is 8.76. The third-order valence-corrected chi connectivity index (χ3v) is 4.99. The highest BCUT2D eigenvalue weighted by molar-refractivity contribution is 6.30. The molecule has 1 unspecified atom stereocenters. The third-order valence-electron chi connectivity index (χ3n) is 4.74. The molecule has 1 atom stereocenters. The number of rotatable bonds is 4. The zero-order chi connectivity index (χ0) is 18.2. The standard InChI is InChI=1S/C21H16ClN5/c22-16-10-8-15(9-11-16)13-20(18-14-26-12-4-3-7-21(26)23-18)27-19-6-2-1-5-17(19)24-25-27/h1-12,14,20H,13H2. The van der Waals surface area contributed by atoms with Crippen LogP contribution in [0.1, 0.15) is 17.3 Å². The van der Waals surface area contributed by atoms with E-state index in [0.717, 1.165) is 33.8 Å². The predicted octanol–water partition coefficient (Wildman–Crippen LogP) is 4.56. The molecule has 0 aliphatic heterocycles. The lowest BCUT2D eigenvalue weighted by atomic mass is 10.0. The number of pyridine rings is 1. The van der Waals surface area contributed by atoms with Gasteiger partial charge in [-0.25, -0.2) is 9.67 Å². The Labute approximate surface area is 160 Å². The number of benzene rings is 2. The second kappa shape index (κ2) is 6.52. The van der Waals surface area contributed by atoms with Crippen LogP contribution >= 0.6 is 11.6 Å². The topological polar surface area (TPSA) is 48.0 Å². The molecular weight excluding hydrogens is 358 g/mol. The molecule has 0 aliphatic rings. The Kier molecular flexibility index (Phi) is 3.87. The predicted molar refractivity (Wildman–Crippen MR) is 106 cm³/mol. The summed E-state index contributed by atoms with van der Waals surface area (Å²) < 4.78 is 4.00. The molecular formula is C21H16ClN5. The van der Waals surface area contributed by atoms with Crippen LogP contribution in [0.3, 0.4) is 0 Å². The molecule has 0 bridgehead atoms. The van der Waals surface area contributed by atoms with Gasteiger partial charge in [-0.2, -0.15) is 0 Å². The van der Waals surface area contributed by atoms with Crippen LogP contribution in [0.15, 0.2) is 79.1 Å². The van der Waals surface area contributed by atoms with Crippen molar-refractivity contribution in [2.45, 2.75) is 12.5 Å². The molecule has 5 nitrogen and oxygen atoms in total. The quantitative estimate of drug-likeness (QED) is 0.464. The maximum atomic E-state index is 6.05. The van der Waals surface area contributed by atoms with E-state index in [2.05, 4.69) is 16.5 Å². The normalized spacial score (nSPS) is 12.6. The van der Waals surface area contributed by atoms with Gasteiger partial charge in [0.2, 0.25) is 0 Å². The molecule has 0 aliphatic carbocycles. The minimum atomic E-state index is -0.0709. The summed E-state index contributed by atoms with van der Waals surface area (Å²) in [6.07, 6.45) is 4.81. The van der Waals surface area contributed by atoms with Gasteiger partial charge in [-0.1, -0.05) is 47.1 Å². The van der Waals surface area contributed by atoms with E-state index in [0.29, 0.717) is 0 Å². The molecule has 3 aromatic heterocycles. The van der Waals surface area contributed by atoms with Gasteiger partial charge >= 0.3 is 0 Å². The van der Waals surface area contributed by atoms with Crippen molar-refractivity contribution in [3.63, 3.8) is 0 Å².